The standard InChI is InChI=1S/C13H14F5NO2.ClH/c1-4-5-7(14)6-10(9(16)8(5)15)21-11(2,3)13(18,20)12(6,17)19;/h20H,4,19H2,1-3H3;1H. The van der Waals surface area contributed by atoms with Crippen LogP contribution in [0.5, 0.6) is 5.75 Å². The molecule has 1 aromatic rings. The van der Waals surface area contributed by atoms with Crippen molar-refractivity contribution in [3.63, 3.8) is 0 Å². The van der Waals surface area contributed by atoms with E-state index < -0.39 is 51.6 Å². The van der Waals surface area contributed by atoms with Gasteiger partial charge in [-0.25, -0.2) is 17.6 Å². The van der Waals surface area contributed by atoms with E-state index in [4.69, 9.17) is 10.5 Å². The Morgan fingerprint density at radius 2 is 1.59 bits per heavy atom. The average Bonchev–Trinajstić information content (AvgIpc) is 2.34. The van der Waals surface area contributed by atoms with E-state index in [0.717, 1.165) is 13.8 Å². The molecule has 126 valence electrons. The van der Waals surface area contributed by atoms with Gasteiger partial charge in [0, 0.05) is 5.56 Å². The minimum absolute atomic E-state index is 0. The third-order valence-electron chi connectivity index (χ3n) is 3.72. The Kier molecular flexibility index (Phi) is 4.48. The molecule has 9 heteroatoms. The molecule has 3 nitrogen and oxygen atoms in total. The number of hydrogen-bond acceptors (Lipinski definition) is 3. The number of benzene rings is 1. The molecule has 22 heavy (non-hydrogen) atoms. The van der Waals surface area contributed by atoms with Crippen LogP contribution in [0.1, 0.15) is 31.9 Å². The molecule has 0 radical (unpaired) electrons. The summed E-state index contributed by atoms with van der Waals surface area (Å²) in [6.07, 6.45) is -0.327. The number of nitrogens with two attached hydrogens (primary N) is 1. The summed E-state index contributed by atoms with van der Waals surface area (Å²) >= 11 is 0. The van der Waals surface area contributed by atoms with Crippen molar-refractivity contribution >= 4 is 12.4 Å². The number of hydrogen-bond donors (Lipinski definition) is 2. The van der Waals surface area contributed by atoms with Gasteiger partial charge >= 0.3 is 0 Å². The third kappa shape index (κ3) is 2.08. The highest BCUT2D eigenvalue weighted by molar-refractivity contribution is 5.85. The van der Waals surface area contributed by atoms with Gasteiger partial charge in [0.25, 0.3) is 11.6 Å². The number of aliphatic hydroxyl groups is 1. The summed E-state index contributed by atoms with van der Waals surface area (Å²) in [7, 11) is 0. The Labute approximate surface area is 129 Å². The molecule has 2 atom stereocenters. The van der Waals surface area contributed by atoms with Gasteiger partial charge in [-0.15, -0.1) is 12.4 Å². The van der Waals surface area contributed by atoms with Crippen LogP contribution in [0.25, 0.3) is 0 Å². The van der Waals surface area contributed by atoms with Crippen molar-refractivity contribution in [1.82, 2.24) is 0 Å². The lowest BCUT2D eigenvalue weighted by molar-refractivity contribution is -0.290. The second kappa shape index (κ2) is 5.21. The molecule has 3 N–H and O–H groups in total. The van der Waals surface area contributed by atoms with Crippen molar-refractivity contribution in [3.8, 4) is 5.75 Å². The smallest absolute Gasteiger partial charge is 0.298 e. The molecule has 0 saturated heterocycles. The van der Waals surface area contributed by atoms with Crippen LogP contribution < -0.4 is 10.5 Å². The minimum Gasteiger partial charge on any atom is -0.478 e. The lowest BCUT2D eigenvalue weighted by atomic mass is 9.81. The molecule has 0 aliphatic carbocycles. The first-order valence-electron chi connectivity index (χ1n) is 6.18. The molecule has 0 spiro atoms. The van der Waals surface area contributed by atoms with Crippen LogP contribution in [0.4, 0.5) is 22.0 Å². The van der Waals surface area contributed by atoms with Gasteiger partial charge in [-0.05, 0) is 20.3 Å². The van der Waals surface area contributed by atoms with Gasteiger partial charge in [-0.3, -0.25) is 5.73 Å². The maximum atomic E-state index is 14.6. The molecule has 0 amide bonds. The number of halogens is 6. The largest absolute Gasteiger partial charge is 0.478 e. The van der Waals surface area contributed by atoms with Crippen LogP contribution in [0.2, 0.25) is 0 Å². The SMILES string of the molecule is CCc1c(F)c(F)c2c(c1F)C(N)(F)C(O)(F)C(C)(C)O2.Cl. The molecule has 1 aliphatic heterocycles. The predicted molar refractivity (Wildman–Crippen MR) is 70.7 cm³/mol. The van der Waals surface area contributed by atoms with Gasteiger partial charge < -0.3 is 9.84 Å². The second-order valence-corrected chi connectivity index (χ2v) is 5.42. The highest BCUT2D eigenvalue weighted by atomic mass is 35.5. The van der Waals surface area contributed by atoms with Gasteiger partial charge in [-0.1, -0.05) is 6.92 Å². The van der Waals surface area contributed by atoms with Gasteiger partial charge in [0.2, 0.25) is 5.82 Å². The van der Waals surface area contributed by atoms with E-state index in [0.29, 0.717) is 0 Å². The number of ether oxygens (including phenoxy) is 1. The molecule has 2 unspecified atom stereocenters. The van der Waals surface area contributed by atoms with Crippen molar-refractivity contribution in [2.75, 3.05) is 0 Å². The van der Waals surface area contributed by atoms with Gasteiger partial charge in [0.15, 0.2) is 17.2 Å². The first-order chi connectivity index (χ1) is 9.40. The van der Waals surface area contributed by atoms with Crippen LogP contribution in [0, 0.1) is 17.5 Å². The zero-order valence-electron chi connectivity index (χ0n) is 11.9. The van der Waals surface area contributed by atoms with Crippen molar-refractivity contribution in [2.45, 2.75) is 44.4 Å². The van der Waals surface area contributed by atoms with Gasteiger partial charge in [0.1, 0.15) is 5.82 Å². The maximum Gasteiger partial charge on any atom is 0.298 e. The zero-order chi connectivity index (χ0) is 16.4. The zero-order valence-corrected chi connectivity index (χ0v) is 12.8. The molecule has 1 aromatic carbocycles. The molecule has 0 bridgehead atoms. The molecular formula is C13H15ClF5NO2. The van der Waals surface area contributed by atoms with E-state index in [9.17, 15) is 27.1 Å². The van der Waals surface area contributed by atoms with Crippen LogP contribution in [0.15, 0.2) is 0 Å². The van der Waals surface area contributed by atoms with E-state index in [1.807, 2.05) is 0 Å². The molecule has 2 rings (SSSR count). The lowest BCUT2D eigenvalue weighted by Crippen LogP contribution is -2.68. The van der Waals surface area contributed by atoms with Crippen molar-refractivity contribution in [2.24, 2.45) is 5.73 Å². The van der Waals surface area contributed by atoms with Crippen molar-refractivity contribution in [3.05, 3.63) is 28.6 Å². The van der Waals surface area contributed by atoms with Crippen LogP contribution in [-0.4, -0.2) is 16.6 Å². The van der Waals surface area contributed by atoms with E-state index in [1.54, 1.807) is 0 Å². The Balaban J connectivity index is 0.00000242. The summed E-state index contributed by atoms with van der Waals surface area (Å²) in [4.78, 5) is 0. The molecular weight excluding hydrogens is 333 g/mol. The van der Waals surface area contributed by atoms with Crippen molar-refractivity contribution in [1.29, 1.82) is 0 Å². The summed E-state index contributed by atoms with van der Waals surface area (Å²) < 4.78 is 75.5. The van der Waals surface area contributed by atoms with Crippen LogP contribution in [0.3, 0.4) is 0 Å². The molecule has 0 fully saturated rings. The first-order valence-corrected chi connectivity index (χ1v) is 6.18. The Morgan fingerprint density at radius 1 is 1.09 bits per heavy atom. The monoisotopic (exact) mass is 347 g/mol. The Bertz CT molecular complexity index is 619. The fourth-order valence-corrected chi connectivity index (χ4v) is 2.35. The number of rotatable bonds is 1. The van der Waals surface area contributed by atoms with E-state index in [1.165, 1.54) is 6.92 Å². The van der Waals surface area contributed by atoms with Gasteiger partial charge in [-0.2, -0.15) is 4.39 Å². The fraction of sp³-hybridized carbons (Fsp3) is 0.538. The minimum atomic E-state index is -3.86. The Morgan fingerprint density at radius 3 is 2.05 bits per heavy atom. The third-order valence-corrected chi connectivity index (χ3v) is 3.72. The number of fused-ring (bicyclic) bond motifs is 1. The van der Waals surface area contributed by atoms with Crippen LogP contribution in [-0.2, 0) is 12.2 Å². The summed E-state index contributed by atoms with van der Waals surface area (Å²) in [6, 6.07) is 0. The molecule has 1 heterocycles. The molecule has 0 aromatic heterocycles. The van der Waals surface area contributed by atoms with E-state index in [2.05, 4.69) is 0 Å². The predicted octanol–water partition coefficient (Wildman–Crippen LogP) is 3.00. The summed E-state index contributed by atoms with van der Waals surface area (Å²) in [6.45, 7) is 3.04. The second-order valence-electron chi connectivity index (χ2n) is 5.42. The summed E-state index contributed by atoms with van der Waals surface area (Å²) in [5.41, 5.74) is 0.541. The normalized spacial score (nSPS) is 29.4. The Hall–Kier alpha value is -1.12. The highest BCUT2D eigenvalue weighted by Gasteiger charge is 2.68. The molecule has 0 saturated carbocycles. The van der Waals surface area contributed by atoms with Gasteiger partial charge in [0.05, 0.1) is 5.56 Å². The van der Waals surface area contributed by atoms with Crippen molar-refractivity contribution < 1.29 is 31.8 Å². The summed E-state index contributed by atoms with van der Waals surface area (Å²) in [5, 5.41) is 9.65. The summed E-state index contributed by atoms with van der Waals surface area (Å²) in [5.74, 6) is -13.7. The quantitative estimate of drug-likeness (QED) is 0.466. The molecule has 1 aliphatic rings. The van der Waals surface area contributed by atoms with Crippen LogP contribution >= 0.6 is 12.4 Å². The first kappa shape index (κ1) is 18.9. The van der Waals surface area contributed by atoms with E-state index >= 15 is 0 Å². The maximum absolute atomic E-state index is 14.6. The topological polar surface area (TPSA) is 55.5 Å². The van der Waals surface area contributed by atoms with E-state index in [-0.39, 0.29) is 18.8 Å². The average molecular weight is 348 g/mol. The lowest BCUT2D eigenvalue weighted by Gasteiger charge is -2.47. The number of alkyl halides is 2. The fourth-order valence-electron chi connectivity index (χ4n) is 2.35. The highest BCUT2D eigenvalue weighted by Crippen LogP contribution is 2.53.